The van der Waals surface area contributed by atoms with Crippen molar-refractivity contribution >= 4 is 5.97 Å². The van der Waals surface area contributed by atoms with Gasteiger partial charge in [-0.15, -0.1) is 0 Å². The minimum atomic E-state index is -0.191. The molecule has 0 saturated carbocycles. The first-order valence-electron chi connectivity index (χ1n) is 8.21. The van der Waals surface area contributed by atoms with Crippen molar-refractivity contribution in [3.8, 4) is 0 Å². The molecule has 0 aliphatic carbocycles. The average Bonchev–Trinajstić information content (AvgIpc) is 2.54. The van der Waals surface area contributed by atoms with Gasteiger partial charge >= 0.3 is 5.97 Å². The van der Waals surface area contributed by atoms with Crippen LogP contribution in [0.4, 0.5) is 0 Å². The van der Waals surface area contributed by atoms with Crippen molar-refractivity contribution in [2.24, 2.45) is 5.92 Å². The number of hydrogen-bond acceptors (Lipinski definition) is 3. The SMILES string of the molecule is CCCCC(CC)COC(=O)[C@H]1Cc2ccccc2CN1. The number of fused-ring (bicyclic) bond motifs is 1. The van der Waals surface area contributed by atoms with Gasteiger partial charge in [-0.3, -0.25) is 4.79 Å². The smallest absolute Gasteiger partial charge is 0.323 e. The number of carbonyl (C=O) groups is 1. The highest BCUT2D eigenvalue weighted by molar-refractivity contribution is 5.76. The average molecular weight is 289 g/mol. The topological polar surface area (TPSA) is 38.3 Å². The summed E-state index contributed by atoms with van der Waals surface area (Å²) in [5, 5.41) is 3.29. The quantitative estimate of drug-likeness (QED) is 0.781. The zero-order chi connectivity index (χ0) is 15.1. The summed E-state index contributed by atoms with van der Waals surface area (Å²) in [7, 11) is 0. The second-order valence-corrected chi connectivity index (χ2v) is 5.95. The highest BCUT2D eigenvalue weighted by atomic mass is 16.5. The highest BCUT2D eigenvalue weighted by Gasteiger charge is 2.25. The molecule has 1 heterocycles. The van der Waals surface area contributed by atoms with Crippen LogP contribution in [0.5, 0.6) is 0 Å². The number of ether oxygens (including phenoxy) is 1. The molecule has 0 amide bonds. The Labute approximate surface area is 128 Å². The molecule has 1 unspecified atom stereocenters. The maximum Gasteiger partial charge on any atom is 0.323 e. The van der Waals surface area contributed by atoms with Gasteiger partial charge in [0.1, 0.15) is 6.04 Å². The van der Waals surface area contributed by atoms with E-state index in [9.17, 15) is 4.79 Å². The summed E-state index contributed by atoms with van der Waals surface area (Å²) in [6, 6.07) is 8.10. The number of esters is 1. The Balaban J connectivity index is 1.82. The zero-order valence-electron chi connectivity index (χ0n) is 13.2. The van der Waals surface area contributed by atoms with Crippen molar-refractivity contribution in [1.82, 2.24) is 5.32 Å². The molecule has 0 bridgehead atoms. The van der Waals surface area contributed by atoms with Gasteiger partial charge in [-0.25, -0.2) is 0 Å². The van der Waals surface area contributed by atoms with Crippen LogP contribution in [0.3, 0.4) is 0 Å². The van der Waals surface area contributed by atoms with E-state index in [-0.39, 0.29) is 12.0 Å². The van der Waals surface area contributed by atoms with E-state index in [0.717, 1.165) is 25.8 Å². The summed E-state index contributed by atoms with van der Waals surface area (Å²) in [6.45, 7) is 5.68. The van der Waals surface area contributed by atoms with Crippen LogP contribution in [0.15, 0.2) is 24.3 Å². The van der Waals surface area contributed by atoms with Gasteiger partial charge < -0.3 is 10.1 Å². The molecule has 1 aromatic rings. The van der Waals surface area contributed by atoms with Gasteiger partial charge in [0.15, 0.2) is 0 Å². The molecule has 116 valence electrons. The molecule has 0 radical (unpaired) electrons. The molecule has 1 aliphatic heterocycles. The molecule has 1 aromatic carbocycles. The van der Waals surface area contributed by atoms with Crippen LogP contribution < -0.4 is 5.32 Å². The van der Waals surface area contributed by atoms with E-state index in [1.165, 1.54) is 24.0 Å². The largest absolute Gasteiger partial charge is 0.464 e. The molecule has 0 spiro atoms. The van der Waals surface area contributed by atoms with Crippen molar-refractivity contribution in [2.75, 3.05) is 6.61 Å². The number of hydrogen-bond donors (Lipinski definition) is 1. The van der Waals surface area contributed by atoms with E-state index in [2.05, 4.69) is 31.3 Å². The van der Waals surface area contributed by atoms with Crippen LogP contribution >= 0.6 is 0 Å². The molecule has 0 aromatic heterocycles. The summed E-state index contributed by atoms with van der Waals surface area (Å²) in [5.41, 5.74) is 2.55. The lowest BCUT2D eigenvalue weighted by atomic mass is 9.96. The number of rotatable bonds is 7. The number of nitrogens with one attached hydrogen (secondary N) is 1. The van der Waals surface area contributed by atoms with Crippen LogP contribution in [0.1, 0.15) is 50.7 Å². The first kappa shape index (κ1) is 16.0. The second-order valence-electron chi connectivity index (χ2n) is 5.95. The minimum Gasteiger partial charge on any atom is -0.464 e. The Hall–Kier alpha value is -1.35. The Morgan fingerprint density at radius 2 is 2.10 bits per heavy atom. The number of unbranched alkanes of at least 4 members (excludes halogenated alkanes) is 1. The molecule has 1 aliphatic rings. The van der Waals surface area contributed by atoms with Gasteiger partial charge in [-0.2, -0.15) is 0 Å². The van der Waals surface area contributed by atoms with Gasteiger partial charge in [0.05, 0.1) is 6.61 Å². The lowest BCUT2D eigenvalue weighted by molar-refractivity contribution is -0.147. The second kappa shape index (κ2) is 8.18. The van der Waals surface area contributed by atoms with Crippen LogP contribution in [-0.4, -0.2) is 18.6 Å². The van der Waals surface area contributed by atoms with E-state index in [1.54, 1.807) is 0 Å². The minimum absolute atomic E-state index is 0.0977. The lowest BCUT2D eigenvalue weighted by Gasteiger charge is -2.25. The predicted octanol–water partition coefficient (Wildman–Crippen LogP) is 3.46. The maximum absolute atomic E-state index is 12.2. The van der Waals surface area contributed by atoms with Crippen molar-refractivity contribution in [1.29, 1.82) is 0 Å². The Bertz CT molecular complexity index is 458. The standard InChI is InChI=1S/C18H27NO2/c1-3-5-8-14(4-2)13-21-18(20)17-11-15-9-6-7-10-16(15)12-19-17/h6-7,9-10,14,17,19H,3-5,8,11-13H2,1-2H3/t14?,17-/m1/s1. The van der Waals surface area contributed by atoms with Crippen molar-refractivity contribution in [3.05, 3.63) is 35.4 Å². The summed E-state index contributed by atoms with van der Waals surface area (Å²) in [6.07, 6.45) is 5.38. The van der Waals surface area contributed by atoms with Crippen LogP contribution in [0, 0.1) is 5.92 Å². The fraction of sp³-hybridized carbons (Fsp3) is 0.611. The van der Waals surface area contributed by atoms with Gasteiger partial charge in [0.25, 0.3) is 0 Å². The zero-order valence-corrected chi connectivity index (χ0v) is 13.2. The molecular formula is C18H27NO2. The van der Waals surface area contributed by atoms with Crippen LogP contribution in [-0.2, 0) is 22.5 Å². The van der Waals surface area contributed by atoms with E-state index < -0.39 is 0 Å². The fourth-order valence-electron chi connectivity index (χ4n) is 2.82. The van der Waals surface area contributed by atoms with Crippen LogP contribution in [0.2, 0.25) is 0 Å². The van der Waals surface area contributed by atoms with E-state index in [4.69, 9.17) is 4.74 Å². The van der Waals surface area contributed by atoms with Gasteiger partial charge in [0, 0.05) is 6.54 Å². The molecule has 1 N–H and O–H groups in total. The third-order valence-corrected chi connectivity index (χ3v) is 4.37. The maximum atomic E-state index is 12.2. The van der Waals surface area contributed by atoms with Crippen LogP contribution in [0.25, 0.3) is 0 Å². The van der Waals surface area contributed by atoms with Gasteiger partial charge in [-0.05, 0) is 29.9 Å². The molecule has 3 nitrogen and oxygen atoms in total. The molecular weight excluding hydrogens is 262 g/mol. The summed E-state index contributed by atoms with van der Waals surface area (Å²) in [4.78, 5) is 12.2. The first-order chi connectivity index (χ1) is 10.2. The lowest BCUT2D eigenvalue weighted by Crippen LogP contribution is -2.43. The summed E-state index contributed by atoms with van der Waals surface area (Å²) >= 11 is 0. The Kier molecular flexibility index (Phi) is 6.24. The summed E-state index contributed by atoms with van der Waals surface area (Å²) < 4.78 is 5.55. The third kappa shape index (κ3) is 4.57. The normalized spacial score (nSPS) is 18.9. The van der Waals surface area contributed by atoms with Crippen molar-refractivity contribution in [2.45, 2.75) is 58.5 Å². The Morgan fingerprint density at radius 3 is 2.81 bits per heavy atom. The third-order valence-electron chi connectivity index (χ3n) is 4.37. The van der Waals surface area contributed by atoms with E-state index in [1.807, 2.05) is 12.1 Å². The van der Waals surface area contributed by atoms with Gasteiger partial charge in [-0.1, -0.05) is 57.4 Å². The molecule has 0 saturated heterocycles. The summed E-state index contributed by atoms with van der Waals surface area (Å²) in [5.74, 6) is 0.407. The molecule has 2 rings (SSSR count). The Morgan fingerprint density at radius 1 is 1.33 bits per heavy atom. The molecule has 0 fully saturated rings. The number of benzene rings is 1. The molecule has 2 atom stereocenters. The highest BCUT2D eigenvalue weighted by Crippen LogP contribution is 2.18. The fourth-order valence-corrected chi connectivity index (χ4v) is 2.82. The van der Waals surface area contributed by atoms with E-state index >= 15 is 0 Å². The van der Waals surface area contributed by atoms with Gasteiger partial charge in [0.2, 0.25) is 0 Å². The predicted molar refractivity (Wildman–Crippen MR) is 85.0 cm³/mol. The van der Waals surface area contributed by atoms with Crippen molar-refractivity contribution < 1.29 is 9.53 Å². The molecule has 21 heavy (non-hydrogen) atoms. The van der Waals surface area contributed by atoms with Crippen molar-refractivity contribution in [3.63, 3.8) is 0 Å². The van der Waals surface area contributed by atoms with E-state index in [0.29, 0.717) is 12.5 Å². The monoisotopic (exact) mass is 289 g/mol. The molecule has 3 heteroatoms. The first-order valence-corrected chi connectivity index (χ1v) is 8.21. The number of carbonyl (C=O) groups excluding carboxylic acids is 1.